The lowest BCUT2D eigenvalue weighted by atomic mass is 10.1. The summed E-state index contributed by atoms with van der Waals surface area (Å²) >= 11 is 0. The smallest absolute Gasteiger partial charge is 0.248 e. The van der Waals surface area contributed by atoms with Gasteiger partial charge in [-0.2, -0.15) is 0 Å². The van der Waals surface area contributed by atoms with Crippen LogP contribution in [-0.4, -0.2) is 43.9 Å². The molecule has 0 bridgehead atoms. The van der Waals surface area contributed by atoms with E-state index < -0.39 is 0 Å². The maximum Gasteiger partial charge on any atom is 0.248 e. The first-order valence-electron chi connectivity index (χ1n) is 4.40. The van der Waals surface area contributed by atoms with E-state index in [0.717, 1.165) is 0 Å². The van der Waals surface area contributed by atoms with E-state index >= 15 is 0 Å². The molecule has 0 aromatic carbocycles. The molecule has 0 saturated carbocycles. The number of carbonyl (C=O) groups is 2. The number of hydrogen-bond acceptors (Lipinski definition) is 4. The van der Waals surface area contributed by atoms with Gasteiger partial charge in [-0.05, 0) is 7.05 Å². The molecule has 0 fully saturated rings. The van der Waals surface area contributed by atoms with Gasteiger partial charge in [0.15, 0.2) is 0 Å². The van der Waals surface area contributed by atoms with Gasteiger partial charge in [-0.1, -0.05) is 6.92 Å². The van der Waals surface area contributed by atoms with Crippen LogP contribution < -0.4 is 16.6 Å². The molecule has 4 N–H and O–H groups in total. The number of hydrogen-bond donors (Lipinski definition) is 3. The average Bonchev–Trinajstić information content (AvgIpc) is 2.15. The van der Waals surface area contributed by atoms with Gasteiger partial charge in [-0.25, -0.2) is 5.84 Å². The highest BCUT2D eigenvalue weighted by atomic mass is 16.2. The summed E-state index contributed by atoms with van der Waals surface area (Å²) in [5.41, 5.74) is 2.03. The Morgan fingerprint density at radius 2 is 2.07 bits per heavy atom. The average molecular weight is 202 g/mol. The van der Waals surface area contributed by atoms with Crippen LogP contribution in [0.1, 0.15) is 6.92 Å². The fourth-order valence-corrected chi connectivity index (χ4v) is 1.15. The summed E-state index contributed by atoms with van der Waals surface area (Å²) in [5.74, 6) is 4.48. The highest BCUT2D eigenvalue weighted by molar-refractivity contribution is 5.79. The molecule has 2 amide bonds. The largest absolute Gasteiger partial charge is 0.359 e. The number of rotatable bonds is 5. The minimum Gasteiger partial charge on any atom is -0.359 e. The third kappa shape index (κ3) is 4.78. The van der Waals surface area contributed by atoms with Crippen LogP contribution in [0.4, 0.5) is 0 Å². The summed E-state index contributed by atoms with van der Waals surface area (Å²) in [6, 6.07) is 0. The number of hydrazine groups is 1. The number of amides is 2. The van der Waals surface area contributed by atoms with E-state index in [9.17, 15) is 9.59 Å². The zero-order valence-corrected chi connectivity index (χ0v) is 8.83. The maximum atomic E-state index is 11.1. The van der Waals surface area contributed by atoms with Crippen molar-refractivity contribution in [2.45, 2.75) is 6.92 Å². The first-order chi connectivity index (χ1) is 6.51. The third-order valence-electron chi connectivity index (χ3n) is 1.85. The summed E-state index contributed by atoms with van der Waals surface area (Å²) in [6.45, 7) is 2.51. The van der Waals surface area contributed by atoms with Crippen LogP contribution in [0.5, 0.6) is 0 Å². The van der Waals surface area contributed by atoms with E-state index in [2.05, 4.69) is 5.32 Å². The van der Waals surface area contributed by atoms with Crippen LogP contribution >= 0.6 is 0 Å². The minimum atomic E-state index is -0.267. The second kappa shape index (κ2) is 6.33. The molecule has 0 spiro atoms. The lowest BCUT2D eigenvalue weighted by Gasteiger charge is -2.19. The highest BCUT2D eigenvalue weighted by Gasteiger charge is 2.14. The molecule has 0 aromatic heterocycles. The van der Waals surface area contributed by atoms with E-state index in [1.54, 1.807) is 25.9 Å². The Morgan fingerprint density at radius 1 is 1.50 bits per heavy atom. The van der Waals surface area contributed by atoms with Gasteiger partial charge in [0.2, 0.25) is 11.8 Å². The van der Waals surface area contributed by atoms with Crippen LogP contribution in [0, 0.1) is 5.92 Å². The van der Waals surface area contributed by atoms with Gasteiger partial charge in [0.25, 0.3) is 0 Å². The predicted molar refractivity (Wildman–Crippen MR) is 53.1 cm³/mol. The molecule has 0 aliphatic carbocycles. The quantitative estimate of drug-likeness (QED) is 0.281. The lowest BCUT2D eigenvalue weighted by molar-refractivity contribution is -0.126. The zero-order valence-electron chi connectivity index (χ0n) is 8.83. The van der Waals surface area contributed by atoms with Gasteiger partial charge >= 0.3 is 0 Å². The predicted octanol–water partition coefficient (Wildman–Crippen LogP) is -1.71. The summed E-state index contributed by atoms with van der Waals surface area (Å²) in [6.07, 6.45) is 0. The Morgan fingerprint density at radius 3 is 2.50 bits per heavy atom. The summed E-state index contributed by atoms with van der Waals surface area (Å²) < 4.78 is 0. The molecule has 0 saturated heterocycles. The Kier molecular flexibility index (Phi) is 5.82. The van der Waals surface area contributed by atoms with Crippen molar-refractivity contribution in [3.05, 3.63) is 0 Å². The van der Waals surface area contributed by atoms with E-state index in [4.69, 9.17) is 5.84 Å². The van der Waals surface area contributed by atoms with Crippen molar-refractivity contribution < 1.29 is 9.59 Å². The second-order valence-electron chi connectivity index (χ2n) is 3.28. The van der Waals surface area contributed by atoms with Crippen LogP contribution in [0.25, 0.3) is 0 Å². The second-order valence-corrected chi connectivity index (χ2v) is 3.28. The van der Waals surface area contributed by atoms with Gasteiger partial charge in [0.1, 0.15) is 0 Å². The molecule has 6 nitrogen and oxygen atoms in total. The number of nitrogens with two attached hydrogens (primary N) is 1. The summed E-state index contributed by atoms with van der Waals surface area (Å²) in [4.78, 5) is 23.7. The SMILES string of the molecule is CNC(=O)C(C)CN(C)CC(=O)NN. The van der Waals surface area contributed by atoms with Crippen molar-refractivity contribution in [2.24, 2.45) is 11.8 Å². The van der Waals surface area contributed by atoms with Gasteiger partial charge in [0.05, 0.1) is 6.54 Å². The maximum absolute atomic E-state index is 11.1. The van der Waals surface area contributed by atoms with Crippen molar-refractivity contribution in [2.75, 3.05) is 27.2 Å². The van der Waals surface area contributed by atoms with Crippen LogP contribution in [-0.2, 0) is 9.59 Å². The molecule has 6 heteroatoms. The van der Waals surface area contributed by atoms with Gasteiger partial charge in [-0.3, -0.25) is 19.9 Å². The summed E-state index contributed by atoms with van der Waals surface area (Å²) in [5, 5.41) is 2.55. The molecule has 0 heterocycles. The molecule has 14 heavy (non-hydrogen) atoms. The molecular weight excluding hydrogens is 184 g/mol. The van der Waals surface area contributed by atoms with E-state index in [1.807, 2.05) is 5.43 Å². The zero-order chi connectivity index (χ0) is 11.1. The van der Waals surface area contributed by atoms with Gasteiger partial charge in [-0.15, -0.1) is 0 Å². The van der Waals surface area contributed by atoms with Crippen molar-refractivity contribution >= 4 is 11.8 Å². The third-order valence-corrected chi connectivity index (χ3v) is 1.85. The Hall–Kier alpha value is -1.14. The fraction of sp³-hybridized carbons (Fsp3) is 0.750. The Labute approximate surface area is 83.8 Å². The van der Waals surface area contributed by atoms with Gasteiger partial charge < -0.3 is 5.32 Å². The Bertz CT molecular complexity index is 208. The first kappa shape index (κ1) is 12.9. The lowest BCUT2D eigenvalue weighted by Crippen LogP contribution is -2.42. The molecule has 0 radical (unpaired) electrons. The number of likely N-dealkylation sites (N-methyl/N-ethyl adjacent to an activating group) is 1. The van der Waals surface area contributed by atoms with E-state index in [1.165, 1.54) is 0 Å². The van der Waals surface area contributed by atoms with Gasteiger partial charge in [0, 0.05) is 19.5 Å². The molecular formula is C8H18N4O2. The molecule has 1 atom stereocenters. The highest BCUT2D eigenvalue weighted by Crippen LogP contribution is 1.97. The minimum absolute atomic E-state index is 0.0370. The molecule has 0 aromatic rings. The van der Waals surface area contributed by atoms with Crippen molar-refractivity contribution in [1.29, 1.82) is 0 Å². The van der Waals surface area contributed by atoms with Crippen molar-refractivity contribution in [3.63, 3.8) is 0 Å². The molecule has 82 valence electrons. The van der Waals surface area contributed by atoms with E-state index in [0.29, 0.717) is 6.54 Å². The topological polar surface area (TPSA) is 87.5 Å². The normalized spacial score (nSPS) is 12.4. The summed E-state index contributed by atoms with van der Waals surface area (Å²) in [7, 11) is 3.35. The number of carbonyl (C=O) groups excluding carboxylic acids is 2. The van der Waals surface area contributed by atoms with Crippen LogP contribution in [0.15, 0.2) is 0 Å². The number of nitrogens with one attached hydrogen (secondary N) is 2. The standard InChI is InChI=1S/C8H18N4O2/c1-6(8(14)10-2)4-12(3)5-7(13)11-9/h6H,4-5,9H2,1-3H3,(H,10,14)(H,11,13). The van der Waals surface area contributed by atoms with Crippen LogP contribution in [0.3, 0.4) is 0 Å². The van der Waals surface area contributed by atoms with Crippen LogP contribution in [0.2, 0.25) is 0 Å². The molecule has 1 unspecified atom stereocenters. The van der Waals surface area contributed by atoms with Crippen molar-refractivity contribution in [3.8, 4) is 0 Å². The molecule has 0 rings (SSSR count). The monoisotopic (exact) mass is 202 g/mol. The molecule has 0 aliphatic rings. The van der Waals surface area contributed by atoms with Crippen molar-refractivity contribution in [1.82, 2.24) is 15.6 Å². The fourth-order valence-electron chi connectivity index (χ4n) is 1.15. The van der Waals surface area contributed by atoms with E-state index in [-0.39, 0.29) is 24.3 Å². The molecule has 0 aliphatic heterocycles. The first-order valence-corrected chi connectivity index (χ1v) is 4.40. The number of nitrogens with zero attached hydrogens (tertiary/aromatic N) is 1. The Balaban J connectivity index is 3.87.